The standard InChI is InChI=1S/C15H9FN4/c16-11-7-10-3-1-5-17-15(10)12(8-11)13-9-18-14-4-2-6-19-20(13)14/h1-9H. The largest absolute Gasteiger partial charge is 0.256 e. The maximum Gasteiger partial charge on any atom is 0.154 e. The molecule has 0 aliphatic carbocycles. The number of fused-ring (bicyclic) bond motifs is 2. The Bertz CT molecular complexity index is 929. The highest BCUT2D eigenvalue weighted by molar-refractivity contribution is 5.92. The first kappa shape index (κ1) is 11.0. The Hall–Kier alpha value is -2.82. The van der Waals surface area contributed by atoms with Crippen molar-refractivity contribution in [2.45, 2.75) is 0 Å². The lowest BCUT2D eigenvalue weighted by Gasteiger charge is -2.05. The third kappa shape index (κ3) is 1.56. The predicted molar refractivity (Wildman–Crippen MR) is 73.7 cm³/mol. The predicted octanol–water partition coefficient (Wildman–Crippen LogP) is 3.08. The number of benzene rings is 1. The quantitative estimate of drug-likeness (QED) is 0.530. The molecule has 1 aromatic carbocycles. The summed E-state index contributed by atoms with van der Waals surface area (Å²) in [7, 11) is 0. The summed E-state index contributed by atoms with van der Waals surface area (Å²) in [6.45, 7) is 0. The molecule has 3 heterocycles. The van der Waals surface area contributed by atoms with Crippen molar-refractivity contribution >= 4 is 16.6 Å². The Labute approximate surface area is 113 Å². The van der Waals surface area contributed by atoms with Gasteiger partial charge in [0.2, 0.25) is 0 Å². The zero-order valence-electron chi connectivity index (χ0n) is 10.4. The lowest BCUT2D eigenvalue weighted by Crippen LogP contribution is -1.94. The normalized spacial score (nSPS) is 11.2. The number of nitrogens with zero attached hydrogens (tertiary/aromatic N) is 4. The van der Waals surface area contributed by atoms with E-state index in [4.69, 9.17) is 0 Å². The van der Waals surface area contributed by atoms with Gasteiger partial charge in [0.15, 0.2) is 5.65 Å². The molecule has 0 aliphatic heterocycles. The van der Waals surface area contributed by atoms with Crippen LogP contribution in [0.1, 0.15) is 0 Å². The van der Waals surface area contributed by atoms with Crippen LogP contribution in [0.3, 0.4) is 0 Å². The van der Waals surface area contributed by atoms with E-state index in [1.807, 2.05) is 18.2 Å². The van der Waals surface area contributed by atoms with Gasteiger partial charge in [-0.15, -0.1) is 0 Å². The van der Waals surface area contributed by atoms with Gasteiger partial charge in [-0.25, -0.2) is 13.9 Å². The molecule has 0 bridgehead atoms. The molecule has 0 atom stereocenters. The number of aromatic nitrogens is 4. The van der Waals surface area contributed by atoms with Gasteiger partial charge in [-0.1, -0.05) is 6.07 Å². The highest BCUT2D eigenvalue weighted by Crippen LogP contribution is 2.28. The van der Waals surface area contributed by atoms with Crippen LogP contribution in [-0.4, -0.2) is 19.6 Å². The van der Waals surface area contributed by atoms with Gasteiger partial charge in [0.05, 0.1) is 17.4 Å². The van der Waals surface area contributed by atoms with Crippen molar-refractivity contribution < 1.29 is 4.39 Å². The maximum absolute atomic E-state index is 13.8. The number of imidazole rings is 1. The summed E-state index contributed by atoms with van der Waals surface area (Å²) in [5.41, 5.74) is 2.87. The molecule has 4 nitrogen and oxygen atoms in total. The van der Waals surface area contributed by atoms with E-state index in [1.165, 1.54) is 12.1 Å². The number of rotatable bonds is 1. The van der Waals surface area contributed by atoms with Gasteiger partial charge < -0.3 is 0 Å². The van der Waals surface area contributed by atoms with E-state index in [2.05, 4.69) is 15.1 Å². The van der Waals surface area contributed by atoms with Gasteiger partial charge in [-0.3, -0.25) is 4.98 Å². The van der Waals surface area contributed by atoms with E-state index < -0.39 is 0 Å². The maximum atomic E-state index is 13.8. The summed E-state index contributed by atoms with van der Waals surface area (Å²) < 4.78 is 15.5. The van der Waals surface area contributed by atoms with Crippen LogP contribution in [0.2, 0.25) is 0 Å². The highest BCUT2D eigenvalue weighted by atomic mass is 19.1. The summed E-state index contributed by atoms with van der Waals surface area (Å²) in [5.74, 6) is -0.300. The van der Waals surface area contributed by atoms with Crippen LogP contribution < -0.4 is 0 Å². The molecule has 0 fully saturated rings. The molecule has 0 saturated carbocycles. The highest BCUT2D eigenvalue weighted by Gasteiger charge is 2.12. The van der Waals surface area contributed by atoms with E-state index in [9.17, 15) is 4.39 Å². The number of pyridine rings is 1. The molecule has 0 aliphatic rings. The number of halogens is 1. The van der Waals surface area contributed by atoms with Gasteiger partial charge in [0.25, 0.3) is 0 Å². The Morgan fingerprint density at radius 3 is 2.85 bits per heavy atom. The van der Waals surface area contributed by atoms with E-state index in [0.29, 0.717) is 5.56 Å². The minimum absolute atomic E-state index is 0.300. The zero-order chi connectivity index (χ0) is 13.5. The third-order valence-corrected chi connectivity index (χ3v) is 3.22. The molecule has 0 radical (unpaired) electrons. The van der Waals surface area contributed by atoms with Gasteiger partial charge in [0.1, 0.15) is 5.82 Å². The van der Waals surface area contributed by atoms with Crippen molar-refractivity contribution in [3.8, 4) is 11.3 Å². The fourth-order valence-electron chi connectivity index (χ4n) is 2.36. The minimum Gasteiger partial charge on any atom is -0.256 e. The van der Waals surface area contributed by atoms with E-state index in [0.717, 1.165) is 22.2 Å². The molecule has 20 heavy (non-hydrogen) atoms. The topological polar surface area (TPSA) is 43.1 Å². The first-order valence-electron chi connectivity index (χ1n) is 6.16. The van der Waals surface area contributed by atoms with Gasteiger partial charge >= 0.3 is 0 Å². The molecule has 0 unspecified atom stereocenters. The van der Waals surface area contributed by atoms with Crippen molar-refractivity contribution in [2.75, 3.05) is 0 Å². The molecular formula is C15H9FN4. The van der Waals surface area contributed by atoms with E-state index >= 15 is 0 Å². The Morgan fingerprint density at radius 1 is 1.00 bits per heavy atom. The third-order valence-electron chi connectivity index (χ3n) is 3.22. The summed E-state index contributed by atoms with van der Waals surface area (Å²) >= 11 is 0. The van der Waals surface area contributed by atoms with Crippen LogP contribution in [0.4, 0.5) is 4.39 Å². The van der Waals surface area contributed by atoms with Gasteiger partial charge in [-0.05, 0) is 30.3 Å². The average molecular weight is 264 g/mol. The second-order valence-corrected chi connectivity index (χ2v) is 4.47. The van der Waals surface area contributed by atoms with Crippen molar-refractivity contribution in [1.82, 2.24) is 19.6 Å². The summed E-state index contributed by atoms with van der Waals surface area (Å²) in [6.07, 6.45) is 5.05. The average Bonchev–Trinajstić information content (AvgIpc) is 2.90. The second-order valence-electron chi connectivity index (χ2n) is 4.47. The van der Waals surface area contributed by atoms with Crippen molar-refractivity contribution in [3.05, 3.63) is 60.8 Å². The zero-order valence-corrected chi connectivity index (χ0v) is 10.4. The minimum atomic E-state index is -0.300. The first-order valence-corrected chi connectivity index (χ1v) is 6.16. The summed E-state index contributed by atoms with van der Waals surface area (Å²) in [5, 5.41) is 5.02. The fraction of sp³-hybridized carbons (Fsp3) is 0. The monoisotopic (exact) mass is 264 g/mol. The fourth-order valence-corrected chi connectivity index (χ4v) is 2.36. The van der Waals surface area contributed by atoms with Gasteiger partial charge in [0, 0.05) is 23.3 Å². The lowest BCUT2D eigenvalue weighted by molar-refractivity contribution is 0.630. The van der Waals surface area contributed by atoms with Crippen LogP contribution in [-0.2, 0) is 0 Å². The molecular weight excluding hydrogens is 255 g/mol. The molecule has 0 saturated heterocycles. The summed E-state index contributed by atoms with van der Waals surface area (Å²) in [6, 6.07) is 10.2. The number of hydrogen-bond acceptors (Lipinski definition) is 3. The van der Waals surface area contributed by atoms with Crippen LogP contribution in [0, 0.1) is 5.82 Å². The molecule has 3 aromatic heterocycles. The van der Waals surface area contributed by atoms with E-state index in [1.54, 1.807) is 29.2 Å². The van der Waals surface area contributed by atoms with Crippen molar-refractivity contribution in [3.63, 3.8) is 0 Å². The molecule has 5 heteroatoms. The van der Waals surface area contributed by atoms with Crippen LogP contribution in [0.15, 0.2) is 55.0 Å². The lowest BCUT2D eigenvalue weighted by atomic mass is 10.1. The molecule has 0 N–H and O–H groups in total. The van der Waals surface area contributed by atoms with Crippen LogP contribution in [0.5, 0.6) is 0 Å². The molecule has 96 valence electrons. The SMILES string of the molecule is Fc1cc(-c2cnc3cccnn23)c2ncccc2c1. The molecule has 0 amide bonds. The smallest absolute Gasteiger partial charge is 0.154 e. The summed E-state index contributed by atoms with van der Waals surface area (Å²) in [4.78, 5) is 8.63. The Morgan fingerprint density at radius 2 is 1.90 bits per heavy atom. The second kappa shape index (κ2) is 4.09. The van der Waals surface area contributed by atoms with E-state index in [-0.39, 0.29) is 5.82 Å². The van der Waals surface area contributed by atoms with Gasteiger partial charge in [-0.2, -0.15) is 5.10 Å². The van der Waals surface area contributed by atoms with Crippen molar-refractivity contribution in [1.29, 1.82) is 0 Å². The molecule has 4 aromatic rings. The molecule has 4 rings (SSSR count). The Balaban J connectivity index is 2.12. The molecule has 0 spiro atoms. The van der Waals surface area contributed by atoms with Crippen LogP contribution in [0.25, 0.3) is 27.8 Å². The Kier molecular flexibility index (Phi) is 2.26. The van der Waals surface area contributed by atoms with Crippen LogP contribution >= 0.6 is 0 Å². The first-order chi connectivity index (χ1) is 9.83. The number of hydrogen-bond donors (Lipinski definition) is 0. The van der Waals surface area contributed by atoms with Crippen molar-refractivity contribution in [2.24, 2.45) is 0 Å².